The topological polar surface area (TPSA) is 65.9 Å². The number of halogens is 1. The lowest BCUT2D eigenvalue weighted by Gasteiger charge is -2.18. The molecule has 0 saturated carbocycles. The van der Waals surface area contributed by atoms with Gasteiger partial charge in [0.15, 0.2) is 5.96 Å². The highest BCUT2D eigenvalue weighted by atomic mass is 127. The maximum Gasteiger partial charge on any atom is 0.191 e. The van der Waals surface area contributed by atoms with Crippen LogP contribution in [0.15, 0.2) is 29.3 Å². The maximum absolute atomic E-state index is 9.14. The average molecular weight is 449 g/mol. The predicted molar refractivity (Wildman–Crippen MR) is 111 cm³/mol. The Morgan fingerprint density at radius 2 is 1.88 bits per heavy atom. The molecule has 1 unspecified atom stereocenters. The third kappa shape index (κ3) is 9.32. The standard InChI is InChI=1S/C18H31N3O2.HI/c1-4-6-15(11-12-22)13-20-18(19-5-2)21-14-16-7-9-17(23-3)10-8-16;/h7-10,15,22H,4-6,11-14H2,1-3H3,(H2,19,20,21);1H. The minimum Gasteiger partial charge on any atom is -0.497 e. The van der Waals surface area contributed by atoms with E-state index in [1.165, 1.54) is 0 Å². The molecule has 0 amide bonds. The van der Waals surface area contributed by atoms with Crippen LogP contribution in [0.5, 0.6) is 5.75 Å². The first-order valence-electron chi connectivity index (χ1n) is 8.49. The van der Waals surface area contributed by atoms with Crippen LogP contribution in [0.25, 0.3) is 0 Å². The molecule has 0 aliphatic carbocycles. The Bertz CT molecular complexity index is 446. The highest BCUT2D eigenvalue weighted by Gasteiger charge is 2.08. The first kappa shape index (κ1) is 23.0. The number of aliphatic hydroxyl groups is 1. The fraction of sp³-hybridized carbons (Fsp3) is 0.611. The number of ether oxygens (including phenoxy) is 1. The van der Waals surface area contributed by atoms with Crippen LogP contribution in [-0.2, 0) is 6.54 Å². The van der Waals surface area contributed by atoms with E-state index < -0.39 is 0 Å². The first-order valence-corrected chi connectivity index (χ1v) is 8.49. The lowest BCUT2D eigenvalue weighted by atomic mass is 10.0. The molecule has 0 heterocycles. The molecule has 0 bridgehead atoms. The van der Waals surface area contributed by atoms with E-state index in [1.807, 2.05) is 24.3 Å². The molecule has 6 heteroatoms. The van der Waals surface area contributed by atoms with E-state index in [9.17, 15) is 0 Å². The summed E-state index contributed by atoms with van der Waals surface area (Å²) in [6, 6.07) is 7.95. The van der Waals surface area contributed by atoms with Crippen LogP contribution in [0.1, 0.15) is 38.7 Å². The first-order chi connectivity index (χ1) is 11.2. The summed E-state index contributed by atoms with van der Waals surface area (Å²) in [7, 11) is 1.67. The van der Waals surface area contributed by atoms with Gasteiger partial charge < -0.3 is 20.5 Å². The van der Waals surface area contributed by atoms with Gasteiger partial charge in [-0.3, -0.25) is 0 Å². The van der Waals surface area contributed by atoms with Crippen molar-refractivity contribution in [3.63, 3.8) is 0 Å². The molecule has 1 rings (SSSR count). The number of aliphatic hydroxyl groups excluding tert-OH is 1. The van der Waals surface area contributed by atoms with Gasteiger partial charge in [0.2, 0.25) is 0 Å². The zero-order valence-corrected chi connectivity index (χ0v) is 17.4. The van der Waals surface area contributed by atoms with Crippen molar-refractivity contribution in [2.45, 2.75) is 39.7 Å². The second-order valence-electron chi connectivity index (χ2n) is 5.59. The third-order valence-electron chi connectivity index (χ3n) is 3.72. The van der Waals surface area contributed by atoms with Crippen LogP contribution in [0, 0.1) is 5.92 Å². The fourth-order valence-electron chi connectivity index (χ4n) is 2.42. The molecule has 1 aromatic rings. The minimum absolute atomic E-state index is 0. The molecule has 3 N–H and O–H groups in total. The van der Waals surface area contributed by atoms with Crippen LogP contribution >= 0.6 is 24.0 Å². The van der Waals surface area contributed by atoms with Gasteiger partial charge in [0, 0.05) is 19.7 Å². The van der Waals surface area contributed by atoms with Gasteiger partial charge in [-0.1, -0.05) is 25.5 Å². The minimum atomic E-state index is 0. The van der Waals surface area contributed by atoms with Gasteiger partial charge >= 0.3 is 0 Å². The van der Waals surface area contributed by atoms with Crippen molar-refractivity contribution in [3.8, 4) is 5.75 Å². The van der Waals surface area contributed by atoms with Crippen molar-refractivity contribution in [1.82, 2.24) is 10.6 Å². The molecule has 0 aliphatic rings. The Hall–Kier alpha value is -1.02. The van der Waals surface area contributed by atoms with Crippen molar-refractivity contribution in [3.05, 3.63) is 29.8 Å². The van der Waals surface area contributed by atoms with Crippen molar-refractivity contribution in [1.29, 1.82) is 0 Å². The van der Waals surface area contributed by atoms with E-state index in [1.54, 1.807) is 7.11 Å². The summed E-state index contributed by atoms with van der Waals surface area (Å²) in [5, 5.41) is 15.8. The monoisotopic (exact) mass is 449 g/mol. The van der Waals surface area contributed by atoms with Crippen molar-refractivity contribution in [2.24, 2.45) is 10.9 Å². The number of nitrogens with one attached hydrogen (secondary N) is 2. The zero-order valence-electron chi connectivity index (χ0n) is 15.0. The molecule has 0 aliphatic heterocycles. The molecule has 0 saturated heterocycles. The van der Waals surface area contributed by atoms with Gasteiger partial charge in [-0.25, -0.2) is 4.99 Å². The highest BCUT2D eigenvalue weighted by Crippen LogP contribution is 2.12. The Kier molecular flexibility index (Phi) is 13.7. The molecule has 0 aromatic heterocycles. The molecular weight excluding hydrogens is 417 g/mol. The number of nitrogens with zero attached hydrogens (tertiary/aromatic N) is 1. The van der Waals surface area contributed by atoms with E-state index in [-0.39, 0.29) is 30.6 Å². The number of rotatable bonds is 10. The van der Waals surface area contributed by atoms with Gasteiger partial charge in [-0.2, -0.15) is 0 Å². The van der Waals surface area contributed by atoms with Crippen molar-refractivity contribution >= 4 is 29.9 Å². The van der Waals surface area contributed by atoms with E-state index >= 15 is 0 Å². The van der Waals surface area contributed by atoms with E-state index in [0.717, 1.165) is 49.6 Å². The molecule has 0 fully saturated rings. The summed E-state index contributed by atoms with van der Waals surface area (Å²) in [6.45, 7) is 6.76. The summed E-state index contributed by atoms with van der Waals surface area (Å²) in [6.07, 6.45) is 3.08. The summed E-state index contributed by atoms with van der Waals surface area (Å²) in [4.78, 5) is 4.62. The van der Waals surface area contributed by atoms with Crippen LogP contribution in [0.3, 0.4) is 0 Å². The number of benzene rings is 1. The molecule has 0 spiro atoms. The maximum atomic E-state index is 9.14. The highest BCUT2D eigenvalue weighted by molar-refractivity contribution is 14.0. The molecule has 1 aromatic carbocycles. The summed E-state index contributed by atoms with van der Waals surface area (Å²) in [5.74, 6) is 2.16. The SMILES string of the molecule is CCCC(CCO)CNC(=NCc1ccc(OC)cc1)NCC.I. The van der Waals surface area contributed by atoms with E-state index in [2.05, 4.69) is 29.5 Å². The second-order valence-corrected chi connectivity index (χ2v) is 5.59. The van der Waals surface area contributed by atoms with E-state index in [4.69, 9.17) is 9.84 Å². The summed E-state index contributed by atoms with van der Waals surface area (Å²) in [5.41, 5.74) is 1.14. The number of hydrogen-bond acceptors (Lipinski definition) is 3. The molecular formula is C18H32IN3O2. The lowest BCUT2D eigenvalue weighted by molar-refractivity contribution is 0.251. The van der Waals surface area contributed by atoms with E-state index in [0.29, 0.717) is 12.5 Å². The fourth-order valence-corrected chi connectivity index (χ4v) is 2.42. The van der Waals surface area contributed by atoms with Crippen LogP contribution in [-0.4, -0.2) is 37.9 Å². The number of aliphatic imine (C=N–C) groups is 1. The molecule has 5 nitrogen and oxygen atoms in total. The zero-order chi connectivity index (χ0) is 16.9. The van der Waals surface area contributed by atoms with Gasteiger partial charge in [0.1, 0.15) is 5.75 Å². The Labute approximate surface area is 163 Å². The molecule has 1 atom stereocenters. The Morgan fingerprint density at radius 3 is 2.42 bits per heavy atom. The van der Waals surface area contributed by atoms with Gasteiger partial charge in [0.05, 0.1) is 13.7 Å². The lowest BCUT2D eigenvalue weighted by Crippen LogP contribution is -2.40. The number of hydrogen-bond donors (Lipinski definition) is 3. The summed E-state index contributed by atoms with van der Waals surface area (Å²) >= 11 is 0. The Balaban J connectivity index is 0.00000529. The van der Waals surface area contributed by atoms with Crippen LogP contribution in [0.4, 0.5) is 0 Å². The van der Waals surface area contributed by atoms with Gasteiger partial charge in [-0.05, 0) is 43.4 Å². The van der Waals surface area contributed by atoms with Crippen molar-refractivity contribution in [2.75, 3.05) is 26.8 Å². The largest absolute Gasteiger partial charge is 0.497 e. The van der Waals surface area contributed by atoms with Gasteiger partial charge in [0.25, 0.3) is 0 Å². The predicted octanol–water partition coefficient (Wildman–Crippen LogP) is 3.17. The number of methoxy groups -OCH3 is 1. The van der Waals surface area contributed by atoms with Crippen LogP contribution < -0.4 is 15.4 Å². The molecule has 138 valence electrons. The normalized spacial score (nSPS) is 12.2. The quantitative estimate of drug-likeness (QED) is 0.292. The third-order valence-corrected chi connectivity index (χ3v) is 3.72. The Morgan fingerprint density at radius 1 is 1.17 bits per heavy atom. The van der Waals surface area contributed by atoms with Crippen LogP contribution in [0.2, 0.25) is 0 Å². The van der Waals surface area contributed by atoms with Gasteiger partial charge in [-0.15, -0.1) is 24.0 Å². The smallest absolute Gasteiger partial charge is 0.191 e. The van der Waals surface area contributed by atoms with Crippen molar-refractivity contribution < 1.29 is 9.84 Å². The second kappa shape index (κ2) is 14.3. The summed E-state index contributed by atoms with van der Waals surface area (Å²) < 4.78 is 5.16. The molecule has 0 radical (unpaired) electrons. The molecule has 24 heavy (non-hydrogen) atoms. The average Bonchev–Trinajstić information content (AvgIpc) is 2.58. The number of guanidine groups is 1.